The average molecular weight is 473 g/mol. The van der Waals surface area contributed by atoms with Gasteiger partial charge in [0.25, 0.3) is 0 Å². The van der Waals surface area contributed by atoms with Crippen LogP contribution in [-0.2, 0) is 20.8 Å². The van der Waals surface area contributed by atoms with Crippen LogP contribution in [0.15, 0.2) is 24.3 Å². The van der Waals surface area contributed by atoms with Crippen molar-refractivity contribution in [2.24, 2.45) is 5.92 Å². The van der Waals surface area contributed by atoms with Gasteiger partial charge < -0.3 is 19.1 Å². The lowest BCUT2D eigenvalue weighted by molar-refractivity contribution is 0.0163. The molecular weight excluding hydrogens is 436 g/mol. The van der Waals surface area contributed by atoms with Crippen LogP contribution in [0, 0.1) is 5.92 Å². The van der Waals surface area contributed by atoms with E-state index in [-0.39, 0.29) is 6.54 Å². The third-order valence-electron chi connectivity index (χ3n) is 5.59. The Morgan fingerprint density at radius 1 is 1.00 bits per heavy atom. The molecule has 8 heteroatoms. The van der Waals surface area contributed by atoms with Crippen LogP contribution in [0.5, 0.6) is 0 Å². The monoisotopic (exact) mass is 472 g/mol. The van der Waals surface area contributed by atoms with Gasteiger partial charge in [0.2, 0.25) is 0 Å². The second-order valence-corrected chi connectivity index (χ2v) is 10.9. The second kappa shape index (κ2) is 9.68. The van der Waals surface area contributed by atoms with Crippen LogP contribution in [0.1, 0.15) is 76.9 Å². The summed E-state index contributed by atoms with van der Waals surface area (Å²) >= 11 is 0. The normalized spacial score (nSPS) is 14.4. The first-order valence-electron chi connectivity index (χ1n) is 11.7. The number of methoxy groups -OCH3 is 1. The number of esters is 1. The molecule has 0 atom stereocenters. The molecule has 3 rings (SSSR count). The summed E-state index contributed by atoms with van der Waals surface area (Å²) in [5.74, 6) is -0.0847. The smallest absolute Gasteiger partial charge is 0.419 e. The zero-order valence-electron chi connectivity index (χ0n) is 21.3. The highest BCUT2D eigenvalue weighted by Crippen LogP contribution is 2.30. The van der Waals surface area contributed by atoms with Crippen molar-refractivity contribution >= 4 is 29.1 Å². The fourth-order valence-corrected chi connectivity index (χ4v) is 3.86. The summed E-state index contributed by atoms with van der Waals surface area (Å²) in [6.45, 7) is 11.6. The van der Waals surface area contributed by atoms with E-state index in [1.807, 2.05) is 26.8 Å². The van der Waals surface area contributed by atoms with E-state index in [1.165, 1.54) is 11.7 Å². The predicted octanol–water partition coefficient (Wildman–Crippen LogP) is 5.75. The molecule has 1 aromatic carbocycles. The van der Waals surface area contributed by atoms with E-state index in [2.05, 4.69) is 0 Å². The Kier molecular flexibility index (Phi) is 7.29. The number of hydrogen-bond donors (Lipinski definition) is 0. The van der Waals surface area contributed by atoms with Crippen molar-refractivity contribution in [1.29, 1.82) is 0 Å². The third kappa shape index (κ3) is 6.30. The number of benzene rings is 1. The highest BCUT2D eigenvalue weighted by atomic mass is 16.6. The van der Waals surface area contributed by atoms with Crippen molar-refractivity contribution in [2.45, 2.75) is 78.6 Å². The lowest BCUT2D eigenvalue weighted by Gasteiger charge is -2.33. The minimum atomic E-state index is -0.721. The molecular formula is C26H36N2O6. The highest BCUT2D eigenvalue weighted by Gasteiger charge is 2.30. The number of nitrogens with zero attached hydrogens (tertiary/aromatic N) is 2. The summed E-state index contributed by atoms with van der Waals surface area (Å²) < 4.78 is 17.6. The van der Waals surface area contributed by atoms with E-state index in [0.717, 1.165) is 24.6 Å². The van der Waals surface area contributed by atoms with Gasteiger partial charge in [-0.15, -0.1) is 0 Å². The van der Waals surface area contributed by atoms with Crippen molar-refractivity contribution in [3.63, 3.8) is 0 Å². The zero-order chi connectivity index (χ0) is 25.3. The Bertz CT molecular complexity index is 1070. The van der Waals surface area contributed by atoms with Crippen molar-refractivity contribution in [2.75, 3.05) is 13.7 Å². The molecule has 0 spiro atoms. The fraction of sp³-hybridized carbons (Fsp3) is 0.577. The molecule has 1 amide bonds. The first-order chi connectivity index (χ1) is 15.8. The number of fused-ring (bicyclic) bond motifs is 1. The fourth-order valence-electron chi connectivity index (χ4n) is 3.86. The molecule has 0 bridgehead atoms. The van der Waals surface area contributed by atoms with Gasteiger partial charge in [-0.2, -0.15) is 0 Å². The molecule has 0 aliphatic heterocycles. The first-order valence-corrected chi connectivity index (χ1v) is 11.7. The topological polar surface area (TPSA) is 87.1 Å². The van der Waals surface area contributed by atoms with E-state index in [4.69, 9.17) is 14.2 Å². The number of carbonyl (C=O) groups excluding carboxylic acids is 3. The number of ether oxygens (including phenoxy) is 3. The molecule has 0 unspecified atom stereocenters. The molecule has 1 heterocycles. The molecule has 1 aliphatic carbocycles. The van der Waals surface area contributed by atoms with Crippen LogP contribution in [0.2, 0.25) is 0 Å². The number of aromatic nitrogens is 1. The Hall–Kier alpha value is -3.03. The molecule has 34 heavy (non-hydrogen) atoms. The summed E-state index contributed by atoms with van der Waals surface area (Å²) in [5.41, 5.74) is 0.0588. The maximum atomic E-state index is 13.3. The summed E-state index contributed by atoms with van der Waals surface area (Å²) in [6, 6.07) is 6.86. The maximum Gasteiger partial charge on any atom is 0.419 e. The molecule has 1 aliphatic rings. The maximum absolute atomic E-state index is 13.3. The van der Waals surface area contributed by atoms with Crippen molar-refractivity contribution in [3.8, 4) is 0 Å². The Labute approximate surface area is 201 Å². The minimum Gasteiger partial charge on any atom is -0.465 e. The van der Waals surface area contributed by atoms with Gasteiger partial charge in [0.05, 0.1) is 24.7 Å². The van der Waals surface area contributed by atoms with Crippen LogP contribution >= 0.6 is 0 Å². The highest BCUT2D eigenvalue weighted by molar-refractivity contribution is 5.97. The van der Waals surface area contributed by atoms with Gasteiger partial charge in [0, 0.05) is 17.6 Å². The number of carbonyl (C=O) groups is 3. The number of rotatable bonds is 5. The van der Waals surface area contributed by atoms with Crippen LogP contribution in [0.3, 0.4) is 0 Å². The standard InChI is InChI=1S/C26H36N2O6/c1-25(2,3)33-23(30)27(15-17-9-8-10-17)16-20-13-18-11-12-19(22(29)32-7)14-21(18)28(20)24(31)34-26(4,5)6/h11-14,17H,8-10,15-16H2,1-7H3. The Morgan fingerprint density at radius 2 is 1.65 bits per heavy atom. The molecule has 1 aromatic heterocycles. The molecule has 0 N–H and O–H groups in total. The summed E-state index contributed by atoms with van der Waals surface area (Å²) in [4.78, 5) is 40.1. The van der Waals surface area contributed by atoms with E-state index in [0.29, 0.717) is 29.2 Å². The van der Waals surface area contributed by atoms with Gasteiger partial charge >= 0.3 is 18.2 Å². The molecule has 0 radical (unpaired) electrons. The van der Waals surface area contributed by atoms with Gasteiger partial charge in [-0.05, 0) is 78.5 Å². The van der Waals surface area contributed by atoms with Gasteiger partial charge in [-0.25, -0.2) is 19.0 Å². The molecule has 186 valence electrons. The van der Waals surface area contributed by atoms with E-state index in [1.54, 1.807) is 43.9 Å². The van der Waals surface area contributed by atoms with Crippen molar-refractivity contribution in [3.05, 3.63) is 35.5 Å². The van der Waals surface area contributed by atoms with Crippen LogP contribution < -0.4 is 0 Å². The summed E-state index contributed by atoms with van der Waals surface area (Å²) in [5, 5.41) is 0.751. The first kappa shape index (κ1) is 25.6. The summed E-state index contributed by atoms with van der Waals surface area (Å²) in [6.07, 6.45) is 2.29. The Morgan fingerprint density at radius 3 is 2.18 bits per heavy atom. The van der Waals surface area contributed by atoms with Gasteiger partial charge in [-0.1, -0.05) is 12.5 Å². The molecule has 0 saturated heterocycles. The lowest BCUT2D eigenvalue weighted by Crippen LogP contribution is -2.41. The third-order valence-corrected chi connectivity index (χ3v) is 5.59. The van der Waals surface area contributed by atoms with Gasteiger partial charge in [-0.3, -0.25) is 0 Å². The predicted molar refractivity (Wildman–Crippen MR) is 129 cm³/mol. The van der Waals surface area contributed by atoms with Crippen molar-refractivity contribution in [1.82, 2.24) is 9.47 Å². The largest absolute Gasteiger partial charge is 0.465 e. The lowest BCUT2D eigenvalue weighted by atomic mass is 9.85. The second-order valence-electron chi connectivity index (χ2n) is 10.9. The van der Waals surface area contributed by atoms with E-state index in [9.17, 15) is 14.4 Å². The number of amides is 1. The Balaban J connectivity index is 2.05. The average Bonchev–Trinajstić information content (AvgIpc) is 3.03. The molecule has 1 fully saturated rings. The SMILES string of the molecule is COC(=O)c1ccc2cc(CN(CC3CCC3)C(=O)OC(C)(C)C)n(C(=O)OC(C)(C)C)c2c1. The van der Waals surface area contributed by atoms with Crippen LogP contribution in [0.25, 0.3) is 10.9 Å². The summed E-state index contributed by atoms with van der Waals surface area (Å²) in [7, 11) is 1.31. The van der Waals surface area contributed by atoms with Gasteiger partial charge in [0.15, 0.2) is 0 Å². The van der Waals surface area contributed by atoms with Crippen LogP contribution in [-0.4, -0.2) is 52.5 Å². The zero-order valence-corrected chi connectivity index (χ0v) is 21.3. The molecule has 1 saturated carbocycles. The van der Waals surface area contributed by atoms with E-state index >= 15 is 0 Å². The molecule has 8 nitrogen and oxygen atoms in total. The van der Waals surface area contributed by atoms with Crippen molar-refractivity contribution < 1.29 is 28.6 Å². The quantitative estimate of drug-likeness (QED) is 0.407. The number of hydrogen-bond acceptors (Lipinski definition) is 6. The van der Waals surface area contributed by atoms with E-state index < -0.39 is 29.4 Å². The minimum absolute atomic E-state index is 0.174. The van der Waals surface area contributed by atoms with Crippen LogP contribution in [0.4, 0.5) is 9.59 Å². The molecule has 2 aromatic rings. The van der Waals surface area contributed by atoms with Gasteiger partial charge in [0.1, 0.15) is 11.2 Å².